The van der Waals surface area contributed by atoms with E-state index in [2.05, 4.69) is 24.4 Å². The van der Waals surface area contributed by atoms with Gasteiger partial charge in [-0.2, -0.15) is 0 Å². The van der Waals surface area contributed by atoms with Gasteiger partial charge >= 0.3 is 0 Å². The van der Waals surface area contributed by atoms with Crippen LogP contribution in [0.1, 0.15) is 67.9 Å². The number of fused-ring (bicyclic) bond motifs is 1. The van der Waals surface area contributed by atoms with Crippen LogP contribution in [0.3, 0.4) is 0 Å². The molecule has 0 aromatic heterocycles. The zero-order valence-electron chi connectivity index (χ0n) is 13.6. The molecule has 1 aliphatic carbocycles. The molecule has 1 aromatic rings. The van der Waals surface area contributed by atoms with Crippen molar-refractivity contribution in [3.8, 4) is 0 Å². The average molecular weight is 305 g/mol. The minimum Gasteiger partial charge on any atom is -0.388 e. The van der Waals surface area contributed by atoms with Crippen molar-refractivity contribution in [3.63, 3.8) is 0 Å². The Morgan fingerprint density at radius 2 is 2.32 bits per heavy atom. The minimum absolute atomic E-state index is 0.0322. The summed E-state index contributed by atoms with van der Waals surface area (Å²) in [5.74, 6) is -0.0858. The van der Waals surface area contributed by atoms with Crippen LogP contribution in [-0.2, 0) is 16.0 Å². The first-order valence-corrected chi connectivity index (χ1v) is 8.24. The number of aliphatic hydroxyl groups is 1. The summed E-state index contributed by atoms with van der Waals surface area (Å²) in [7, 11) is 1.52. The molecule has 1 amide bonds. The van der Waals surface area contributed by atoms with Crippen LogP contribution in [0, 0.1) is 0 Å². The summed E-state index contributed by atoms with van der Waals surface area (Å²) in [5, 5.41) is 13.3. The van der Waals surface area contributed by atoms with Crippen LogP contribution in [0.5, 0.6) is 0 Å². The molecule has 0 heterocycles. The molecule has 1 aromatic carbocycles. The fourth-order valence-electron chi connectivity index (χ4n) is 3.11. The number of rotatable bonds is 7. The first-order chi connectivity index (χ1) is 10.7. The van der Waals surface area contributed by atoms with Gasteiger partial charge in [0.15, 0.2) is 0 Å². The van der Waals surface area contributed by atoms with Crippen LogP contribution < -0.4 is 5.32 Å². The molecule has 22 heavy (non-hydrogen) atoms. The molecular weight excluding hydrogens is 278 g/mol. The number of aliphatic hydroxyl groups excluding tert-OH is 1. The lowest BCUT2D eigenvalue weighted by atomic mass is 9.85. The highest BCUT2D eigenvalue weighted by molar-refractivity contribution is 5.77. The van der Waals surface area contributed by atoms with Gasteiger partial charge < -0.3 is 15.2 Å². The van der Waals surface area contributed by atoms with Crippen LogP contribution in [-0.4, -0.2) is 24.7 Å². The van der Waals surface area contributed by atoms with Crippen molar-refractivity contribution in [2.45, 2.75) is 57.6 Å². The van der Waals surface area contributed by atoms with Crippen LogP contribution in [0.2, 0.25) is 0 Å². The molecule has 0 aliphatic heterocycles. The summed E-state index contributed by atoms with van der Waals surface area (Å²) in [5.41, 5.74) is 3.39. The Morgan fingerprint density at radius 1 is 1.50 bits per heavy atom. The molecule has 2 N–H and O–H groups in total. The largest absolute Gasteiger partial charge is 0.388 e. The summed E-state index contributed by atoms with van der Waals surface area (Å²) >= 11 is 0. The van der Waals surface area contributed by atoms with E-state index in [0.717, 1.165) is 49.7 Å². The fraction of sp³-hybridized carbons (Fsp3) is 0.611. The van der Waals surface area contributed by atoms with Crippen LogP contribution in [0.25, 0.3) is 0 Å². The van der Waals surface area contributed by atoms with Gasteiger partial charge in [-0.05, 0) is 42.4 Å². The van der Waals surface area contributed by atoms with Gasteiger partial charge in [-0.3, -0.25) is 4.79 Å². The van der Waals surface area contributed by atoms with Crippen molar-refractivity contribution in [1.29, 1.82) is 0 Å². The van der Waals surface area contributed by atoms with Crippen molar-refractivity contribution >= 4 is 5.91 Å². The molecule has 1 aliphatic rings. The van der Waals surface area contributed by atoms with E-state index in [1.54, 1.807) is 0 Å². The average Bonchev–Trinajstić information content (AvgIpc) is 2.52. The zero-order chi connectivity index (χ0) is 15.9. The summed E-state index contributed by atoms with van der Waals surface area (Å²) < 4.78 is 4.89. The number of carbonyl (C=O) groups is 1. The van der Waals surface area contributed by atoms with E-state index in [9.17, 15) is 9.90 Å². The van der Waals surface area contributed by atoms with Crippen molar-refractivity contribution in [2.75, 3.05) is 13.7 Å². The number of unbranched alkanes of at least 4 members (excludes halogenated alkanes) is 1. The number of hydrogen-bond donors (Lipinski definition) is 2. The molecule has 0 bridgehead atoms. The Kier molecular flexibility index (Phi) is 6.40. The molecule has 0 spiro atoms. The van der Waals surface area contributed by atoms with Gasteiger partial charge in [-0.25, -0.2) is 0 Å². The number of benzene rings is 1. The molecule has 0 fully saturated rings. The highest BCUT2D eigenvalue weighted by Gasteiger charge is 2.23. The van der Waals surface area contributed by atoms with Crippen LogP contribution in [0.4, 0.5) is 0 Å². The Morgan fingerprint density at radius 3 is 3.05 bits per heavy atom. The predicted octanol–water partition coefficient (Wildman–Crippen LogP) is 3.05. The maximum absolute atomic E-state index is 11.8. The number of methoxy groups -OCH3 is 1. The summed E-state index contributed by atoms with van der Waals surface area (Å²) in [6, 6.07) is 6.24. The van der Waals surface area contributed by atoms with Crippen molar-refractivity contribution in [2.24, 2.45) is 0 Å². The maximum atomic E-state index is 11.8. The third-order valence-corrected chi connectivity index (χ3v) is 4.31. The van der Waals surface area contributed by atoms with Gasteiger partial charge in [0.05, 0.1) is 12.1 Å². The molecule has 0 saturated heterocycles. The molecule has 0 saturated carbocycles. The number of ether oxygens (including phenoxy) is 1. The normalized spacial score (nSPS) is 18.6. The maximum Gasteiger partial charge on any atom is 0.246 e. The first kappa shape index (κ1) is 17.0. The quantitative estimate of drug-likeness (QED) is 0.814. The number of hydrogen-bond acceptors (Lipinski definition) is 3. The SMILES string of the molecule is CCCCC(O)c1ccc2c(c1)C(NC(=O)COC)CCC2. The van der Waals surface area contributed by atoms with E-state index < -0.39 is 6.10 Å². The molecular formula is C18H27NO3. The highest BCUT2D eigenvalue weighted by Crippen LogP contribution is 2.32. The monoisotopic (exact) mass is 305 g/mol. The van der Waals surface area contributed by atoms with Gasteiger partial charge in [-0.15, -0.1) is 0 Å². The van der Waals surface area contributed by atoms with Crippen molar-refractivity contribution in [3.05, 3.63) is 34.9 Å². The Balaban J connectivity index is 2.15. The van der Waals surface area contributed by atoms with E-state index >= 15 is 0 Å². The smallest absolute Gasteiger partial charge is 0.246 e. The third-order valence-electron chi connectivity index (χ3n) is 4.31. The lowest BCUT2D eigenvalue weighted by Gasteiger charge is -2.27. The number of amides is 1. The van der Waals surface area contributed by atoms with Crippen LogP contribution >= 0.6 is 0 Å². The van der Waals surface area contributed by atoms with Gasteiger partial charge in [0.25, 0.3) is 0 Å². The third kappa shape index (κ3) is 4.31. The van der Waals surface area contributed by atoms with Crippen LogP contribution in [0.15, 0.2) is 18.2 Å². The first-order valence-electron chi connectivity index (χ1n) is 8.24. The second-order valence-electron chi connectivity index (χ2n) is 6.06. The van der Waals surface area contributed by atoms with Gasteiger partial charge in [0.2, 0.25) is 5.91 Å². The van der Waals surface area contributed by atoms with Gasteiger partial charge in [-0.1, -0.05) is 38.0 Å². The van der Waals surface area contributed by atoms with Crippen molar-refractivity contribution in [1.82, 2.24) is 5.32 Å². The molecule has 4 heteroatoms. The molecule has 122 valence electrons. The zero-order valence-corrected chi connectivity index (χ0v) is 13.6. The Labute approximate surface area is 132 Å². The molecule has 2 rings (SSSR count). The molecule has 2 unspecified atom stereocenters. The number of nitrogens with one attached hydrogen (secondary N) is 1. The second-order valence-corrected chi connectivity index (χ2v) is 6.06. The molecule has 0 radical (unpaired) electrons. The molecule has 4 nitrogen and oxygen atoms in total. The van der Waals surface area contributed by atoms with E-state index in [1.165, 1.54) is 12.7 Å². The second kappa shape index (κ2) is 8.30. The lowest BCUT2D eigenvalue weighted by Crippen LogP contribution is -2.33. The topological polar surface area (TPSA) is 58.6 Å². The van der Waals surface area contributed by atoms with Crippen molar-refractivity contribution < 1.29 is 14.6 Å². The summed E-state index contributed by atoms with van der Waals surface area (Å²) in [6.07, 6.45) is 5.53. The molecule has 2 atom stereocenters. The van der Waals surface area contributed by atoms with E-state index in [-0.39, 0.29) is 18.6 Å². The number of aryl methyl sites for hydroxylation is 1. The minimum atomic E-state index is -0.414. The van der Waals surface area contributed by atoms with Gasteiger partial charge in [0, 0.05) is 7.11 Å². The van der Waals surface area contributed by atoms with E-state index in [0.29, 0.717) is 0 Å². The predicted molar refractivity (Wildman–Crippen MR) is 86.6 cm³/mol. The van der Waals surface area contributed by atoms with E-state index in [1.807, 2.05) is 6.07 Å². The van der Waals surface area contributed by atoms with E-state index in [4.69, 9.17) is 4.74 Å². The van der Waals surface area contributed by atoms with Gasteiger partial charge in [0.1, 0.15) is 6.61 Å². The summed E-state index contributed by atoms with van der Waals surface area (Å²) in [6.45, 7) is 2.21. The standard InChI is InChI=1S/C18H27NO3/c1-3-4-8-17(20)14-10-9-13-6-5-7-16(15(13)11-14)19-18(21)12-22-2/h9-11,16-17,20H,3-8,12H2,1-2H3,(H,19,21). The lowest BCUT2D eigenvalue weighted by molar-refractivity contribution is -0.125. The Hall–Kier alpha value is -1.39. The Bertz CT molecular complexity index is 501. The fourth-order valence-corrected chi connectivity index (χ4v) is 3.11. The highest BCUT2D eigenvalue weighted by atomic mass is 16.5. The number of carbonyl (C=O) groups excluding carboxylic acids is 1. The summed E-state index contributed by atoms with van der Waals surface area (Å²) in [4.78, 5) is 11.8.